The summed E-state index contributed by atoms with van der Waals surface area (Å²) in [6, 6.07) is 5.64. The van der Waals surface area contributed by atoms with Crippen LogP contribution in [-0.2, 0) is 16.1 Å². The molecule has 7 nitrogen and oxygen atoms in total. The van der Waals surface area contributed by atoms with Gasteiger partial charge in [0.15, 0.2) is 0 Å². The standard InChI is InChI=1S/C18H20N4O3/c23-18(14-5-7-20-21-11-14)22-8-9-24-17-15(22)3-4-16(17)25-12-13-2-1-6-19-10-13/h1-2,5-7,10-11,15-17H,3-4,8-9,12H2/t15-,16-,17-/m1/s1. The number of amides is 1. The van der Waals surface area contributed by atoms with Crippen LogP contribution in [0.1, 0.15) is 28.8 Å². The Morgan fingerprint density at radius 1 is 1.24 bits per heavy atom. The number of morpholine rings is 1. The van der Waals surface area contributed by atoms with E-state index in [0.29, 0.717) is 25.3 Å². The number of pyridine rings is 1. The fourth-order valence-corrected chi connectivity index (χ4v) is 3.62. The van der Waals surface area contributed by atoms with Crippen molar-refractivity contribution in [2.75, 3.05) is 13.2 Å². The van der Waals surface area contributed by atoms with Gasteiger partial charge in [-0.15, -0.1) is 0 Å². The van der Waals surface area contributed by atoms with Gasteiger partial charge in [-0.3, -0.25) is 9.78 Å². The van der Waals surface area contributed by atoms with E-state index < -0.39 is 0 Å². The smallest absolute Gasteiger partial charge is 0.255 e. The van der Waals surface area contributed by atoms with E-state index in [1.807, 2.05) is 17.0 Å². The zero-order valence-corrected chi connectivity index (χ0v) is 13.8. The number of ether oxygens (including phenoxy) is 2. The Morgan fingerprint density at radius 2 is 2.20 bits per heavy atom. The third-order valence-electron chi connectivity index (χ3n) is 4.81. The molecule has 130 valence electrons. The fourth-order valence-electron chi connectivity index (χ4n) is 3.62. The molecule has 1 aliphatic heterocycles. The number of hydrogen-bond donors (Lipinski definition) is 0. The van der Waals surface area contributed by atoms with Crippen LogP contribution in [-0.4, -0.2) is 57.4 Å². The summed E-state index contributed by atoms with van der Waals surface area (Å²) in [5, 5.41) is 7.54. The molecule has 0 radical (unpaired) electrons. The quantitative estimate of drug-likeness (QED) is 0.839. The highest BCUT2D eigenvalue weighted by atomic mass is 16.5. The Labute approximate surface area is 146 Å². The molecule has 4 rings (SSSR count). The Balaban J connectivity index is 1.42. The fraction of sp³-hybridized carbons (Fsp3) is 0.444. The number of nitrogens with zero attached hydrogens (tertiary/aromatic N) is 4. The van der Waals surface area contributed by atoms with Crippen LogP contribution >= 0.6 is 0 Å². The number of carbonyl (C=O) groups is 1. The molecule has 1 aliphatic carbocycles. The predicted molar refractivity (Wildman–Crippen MR) is 88.6 cm³/mol. The van der Waals surface area contributed by atoms with Crippen molar-refractivity contribution in [3.05, 3.63) is 54.1 Å². The van der Waals surface area contributed by atoms with Crippen molar-refractivity contribution in [3.8, 4) is 0 Å². The number of rotatable bonds is 4. The summed E-state index contributed by atoms with van der Waals surface area (Å²) in [5.74, 6) is -0.0129. The topological polar surface area (TPSA) is 77.4 Å². The molecule has 0 bridgehead atoms. The van der Waals surface area contributed by atoms with Crippen molar-refractivity contribution >= 4 is 5.91 Å². The maximum absolute atomic E-state index is 12.8. The maximum atomic E-state index is 12.8. The van der Waals surface area contributed by atoms with E-state index in [2.05, 4.69) is 15.2 Å². The van der Waals surface area contributed by atoms with Crippen LogP contribution in [0.5, 0.6) is 0 Å². The first-order chi connectivity index (χ1) is 12.3. The summed E-state index contributed by atoms with van der Waals surface area (Å²) in [6.07, 6.45) is 8.29. The van der Waals surface area contributed by atoms with Gasteiger partial charge in [-0.05, 0) is 30.5 Å². The van der Waals surface area contributed by atoms with Gasteiger partial charge in [0.1, 0.15) is 6.10 Å². The average molecular weight is 340 g/mol. The molecular formula is C18H20N4O3. The number of fused-ring (bicyclic) bond motifs is 1. The summed E-state index contributed by atoms with van der Waals surface area (Å²) in [5.41, 5.74) is 1.60. The molecule has 2 aromatic rings. The highest BCUT2D eigenvalue weighted by molar-refractivity contribution is 5.94. The summed E-state index contributed by atoms with van der Waals surface area (Å²) >= 11 is 0. The van der Waals surface area contributed by atoms with Crippen molar-refractivity contribution in [2.45, 2.75) is 37.7 Å². The molecule has 2 fully saturated rings. The molecule has 2 aromatic heterocycles. The molecule has 7 heteroatoms. The third kappa shape index (κ3) is 3.38. The Hall–Kier alpha value is -2.38. The summed E-state index contributed by atoms with van der Waals surface area (Å²) < 4.78 is 12.0. The van der Waals surface area contributed by atoms with E-state index in [1.54, 1.807) is 24.7 Å². The van der Waals surface area contributed by atoms with Crippen molar-refractivity contribution in [1.82, 2.24) is 20.1 Å². The second-order valence-electron chi connectivity index (χ2n) is 6.32. The van der Waals surface area contributed by atoms with Gasteiger partial charge >= 0.3 is 0 Å². The Morgan fingerprint density at radius 3 is 3.00 bits per heavy atom. The van der Waals surface area contributed by atoms with E-state index in [9.17, 15) is 4.79 Å². The van der Waals surface area contributed by atoms with Gasteiger partial charge in [0.05, 0.1) is 43.3 Å². The van der Waals surface area contributed by atoms with Crippen molar-refractivity contribution < 1.29 is 14.3 Å². The van der Waals surface area contributed by atoms with Gasteiger partial charge in [0, 0.05) is 18.9 Å². The Bertz CT molecular complexity index is 713. The van der Waals surface area contributed by atoms with Gasteiger partial charge in [0.2, 0.25) is 0 Å². The monoisotopic (exact) mass is 340 g/mol. The molecule has 0 N–H and O–H groups in total. The van der Waals surface area contributed by atoms with Gasteiger partial charge < -0.3 is 14.4 Å². The minimum Gasteiger partial charge on any atom is -0.372 e. The molecular weight excluding hydrogens is 320 g/mol. The molecule has 0 unspecified atom stereocenters. The summed E-state index contributed by atoms with van der Waals surface area (Å²) in [4.78, 5) is 18.8. The minimum atomic E-state index is -0.0795. The zero-order valence-electron chi connectivity index (χ0n) is 13.8. The molecule has 1 saturated heterocycles. The van der Waals surface area contributed by atoms with Crippen molar-refractivity contribution in [2.24, 2.45) is 0 Å². The van der Waals surface area contributed by atoms with Crippen LogP contribution in [0.4, 0.5) is 0 Å². The number of aromatic nitrogens is 3. The number of hydrogen-bond acceptors (Lipinski definition) is 6. The van der Waals surface area contributed by atoms with Gasteiger partial charge in [-0.1, -0.05) is 6.07 Å². The molecule has 3 atom stereocenters. The zero-order chi connectivity index (χ0) is 17.1. The minimum absolute atomic E-state index is 0.00336. The normalized spacial score (nSPS) is 25.6. The van der Waals surface area contributed by atoms with Gasteiger partial charge in [-0.25, -0.2) is 0 Å². The van der Waals surface area contributed by atoms with E-state index >= 15 is 0 Å². The lowest BCUT2D eigenvalue weighted by Gasteiger charge is -2.39. The molecule has 25 heavy (non-hydrogen) atoms. The van der Waals surface area contributed by atoms with Crippen LogP contribution in [0.3, 0.4) is 0 Å². The van der Waals surface area contributed by atoms with Crippen LogP contribution in [0.2, 0.25) is 0 Å². The molecule has 0 spiro atoms. The third-order valence-corrected chi connectivity index (χ3v) is 4.81. The maximum Gasteiger partial charge on any atom is 0.255 e. The summed E-state index contributed by atoms with van der Waals surface area (Å²) in [7, 11) is 0. The van der Waals surface area contributed by atoms with Crippen LogP contribution in [0, 0.1) is 0 Å². The highest BCUT2D eigenvalue weighted by Gasteiger charge is 2.45. The number of carbonyl (C=O) groups excluding carboxylic acids is 1. The van der Waals surface area contributed by atoms with Crippen LogP contribution in [0.15, 0.2) is 43.0 Å². The molecule has 1 saturated carbocycles. The van der Waals surface area contributed by atoms with E-state index in [1.165, 1.54) is 6.20 Å². The molecule has 0 aromatic carbocycles. The average Bonchev–Trinajstić information content (AvgIpc) is 3.10. The summed E-state index contributed by atoms with van der Waals surface area (Å²) in [6.45, 7) is 1.63. The first kappa shape index (κ1) is 16.1. The molecule has 1 amide bonds. The highest BCUT2D eigenvalue weighted by Crippen LogP contribution is 2.33. The molecule has 3 heterocycles. The van der Waals surface area contributed by atoms with Crippen LogP contribution < -0.4 is 0 Å². The van der Waals surface area contributed by atoms with E-state index in [4.69, 9.17) is 9.47 Å². The first-order valence-corrected chi connectivity index (χ1v) is 8.53. The van der Waals surface area contributed by atoms with E-state index in [0.717, 1.165) is 18.4 Å². The van der Waals surface area contributed by atoms with Gasteiger partial charge in [-0.2, -0.15) is 10.2 Å². The second-order valence-corrected chi connectivity index (χ2v) is 6.32. The van der Waals surface area contributed by atoms with E-state index in [-0.39, 0.29) is 24.2 Å². The SMILES string of the molecule is O=C(c1ccnnc1)N1CCO[C@@H]2[C@H]1CC[C@H]2OCc1cccnc1. The lowest BCUT2D eigenvalue weighted by Crippen LogP contribution is -2.53. The second kappa shape index (κ2) is 7.25. The predicted octanol–water partition coefficient (Wildman–Crippen LogP) is 1.46. The largest absolute Gasteiger partial charge is 0.372 e. The van der Waals surface area contributed by atoms with Crippen LogP contribution in [0.25, 0.3) is 0 Å². The lowest BCUT2D eigenvalue weighted by molar-refractivity contribution is -0.108. The van der Waals surface area contributed by atoms with Crippen molar-refractivity contribution in [1.29, 1.82) is 0 Å². The van der Waals surface area contributed by atoms with Crippen molar-refractivity contribution in [3.63, 3.8) is 0 Å². The lowest BCUT2D eigenvalue weighted by atomic mass is 10.1. The Kier molecular flexibility index (Phi) is 4.67. The van der Waals surface area contributed by atoms with Gasteiger partial charge in [0.25, 0.3) is 5.91 Å². The first-order valence-electron chi connectivity index (χ1n) is 8.53. The molecule has 2 aliphatic rings.